The highest BCUT2D eigenvalue weighted by Gasteiger charge is 2.30. The Morgan fingerprint density at radius 1 is 1.07 bits per heavy atom. The molecule has 148 valence electrons. The van der Waals surface area contributed by atoms with E-state index in [1.54, 1.807) is 28.4 Å². The minimum absolute atomic E-state index is 0.0672. The smallest absolute Gasteiger partial charge is 0.246 e. The van der Waals surface area contributed by atoms with E-state index in [-0.39, 0.29) is 5.91 Å². The Kier molecular flexibility index (Phi) is 5.40. The van der Waals surface area contributed by atoms with Crippen LogP contribution in [-0.4, -0.2) is 49.7 Å². The van der Waals surface area contributed by atoms with Gasteiger partial charge in [-0.05, 0) is 72.5 Å². The van der Waals surface area contributed by atoms with Crippen molar-refractivity contribution >= 4 is 33.3 Å². The summed E-state index contributed by atoms with van der Waals surface area (Å²) in [6.07, 6.45) is 6.52. The summed E-state index contributed by atoms with van der Waals surface area (Å²) in [4.78, 5) is 15.6. The van der Waals surface area contributed by atoms with Crippen molar-refractivity contribution in [1.29, 1.82) is 0 Å². The van der Waals surface area contributed by atoms with Gasteiger partial charge in [-0.15, -0.1) is 11.3 Å². The van der Waals surface area contributed by atoms with E-state index in [1.807, 2.05) is 36.6 Å². The predicted octanol–water partition coefficient (Wildman–Crippen LogP) is 3.09. The highest BCUT2D eigenvalue weighted by atomic mass is 32.2. The van der Waals surface area contributed by atoms with Gasteiger partial charge in [0.05, 0.1) is 4.90 Å². The summed E-state index contributed by atoms with van der Waals surface area (Å²) in [6.45, 7) is 3.50. The van der Waals surface area contributed by atoms with Crippen molar-refractivity contribution in [2.75, 3.05) is 26.2 Å². The number of benzene rings is 1. The lowest BCUT2D eigenvalue weighted by Crippen LogP contribution is -2.50. The number of hydrogen-bond donors (Lipinski definition) is 0. The van der Waals surface area contributed by atoms with E-state index in [0.717, 1.165) is 35.3 Å². The fourth-order valence-electron chi connectivity index (χ4n) is 3.81. The fourth-order valence-corrected chi connectivity index (χ4v) is 6.11. The third-order valence-electron chi connectivity index (χ3n) is 5.54. The number of hydrogen-bond acceptors (Lipinski definition) is 4. The van der Waals surface area contributed by atoms with E-state index in [4.69, 9.17) is 0 Å². The Morgan fingerprint density at radius 3 is 2.54 bits per heavy atom. The lowest BCUT2D eigenvalue weighted by Gasteiger charge is -2.33. The second-order valence-corrected chi connectivity index (χ2v) is 10.2. The summed E-state index contributed by atoms with van der Waals surface area (Å²) >= 11 is 1.60. The third-order valence-corrected chi connectivity index (χ3v) is 8.42. The van der Waals surface area contributed by atoms with Gasteiger partial charge in [-0.2, -0.15) is 4.31 Å². The van der Waals surface area contributed by atoms with Gasteiger partial charge in [-0.3, -0.25) is 4.79 Å². The Bertz CT molecular complexity index is 1020. The SMILES string of the molecule is Cc1ccsc1/C=C/C(=O)N1CCN(S(=O)(=O)c2ccc3c(c2)CCC3)CC1. The van der Waals surface area contributed by atoms with Crippen molar-refractivity contribution in [2.24, 2.45) is 0 Å². The number of sulfonamides is 1. The maximum Gasteiger partial charge on any atom is 0.246 e. The molecule has 0 spiro atoms. The fraction of sp³-hybridized carbons (Fsp3) is 0.381. The molecule has 0 radical (unpaired) electrons. The van der Waals surface area contributed by atoms with Crippen LogP contribution in [0.3, 0.4) is 0 Å². The van der Waals surface area contributed by atoms with Crippen LogP contribution in [0, 0.1) is 6.92 Å². The van der Waals surface area contributed by atoms with E-state index < -0.39 is 10.0 Å². The van der Waals surface area contributed by atoms with Crippen molar-refractivity contribution in [2.45, 2.75) is 31.1 Å². The molecule has 5 nitrogen and oxygen atoms in total. The van der Waals surface area contributed by atoms with Crippen LogP contribution in [0.4, 0.5) is 0 Å². The van der Waals surface area contributed by atoms with E-state index in [1.165, 1.54) is 9.87 Å². The Hall–Kier alpha value is -1.96. The molecule has 1 amide bonds. The molecule has 1 aliphatic heterocycles. The van der Waals surface area contributed by atoms with Gasteiger partial charge in [-0.1, -0.05) is 6.07 Å². The number of thiophene rings is 1. The summed E-state index contributed by atoms with van der Waals surface area (Å²) < 4.78 is 27.5. The van der Waals surface area contributed by atoms with Crippen molar-refractivity contribution < 1.29 is 13.2 Å². The number of piperazine rings is 1. The maximum atomic E-state index is 13.0. The zero-order valence-corrected chi connectivity index (χ0v) is 17.6. The normalized spacial score (nSPS) is 18.0. The quantitative estimate of drug-likeness (QED) is 0.720. The molecule has 1 aromatic carbocycles. The number of fused-ring (bicyclic) bond motifs is 1. The van der Waals surface area contributed by atoms with Crippen LogP contribution >= 0.6 is 11.3 Å². The molecule has 0 unspecified atom stereocenters. The van der Waals surface area contributed by atoms with Crippen LogP contribution in [-0.2, 0) is 27.7 Å². The topological polar surface area (TPSA) is 57.7 Å². The molecule has 7 heteroatoms. The zero-order valence-electron chi connectivity index (χ0n) is 15.9. The molecular formula is C21H24N2O3S2. The van der Waals surface area contributed by atoms with Gasteiger partial charge in [0.1, 0.15) is 0 Å². The molecule has 1 fully saturated rings. The average Bonchev–Trinajstić information content (AvgIpc) is 3.34. The van der Waals surface area contributed by atoms with Crippen molar-refractivity contribution in [3.8, 4) is 0 Å². The molecule has 2 aromatic rings. The minimum Gasteiger partial charge on any atom is -0.337 e. The lowest BCUT2D eigenvalue weighted by atomic mass is 10.1. The molecule has 0 N–H and O–H groups in total. The van der Waals surface area contributed by atoms with Gasteiger partial charge in [0.15, 0.2) is 0 Å². The molecule has 0 bridgehead atoms. The first-order chi connectivity index (χ1) is 13.4. The first-order valence-electron chi connectivity index (χ1n) is 9.58. The van der Waals surface area contributed by atoms with E-state index in [9.17, 15) is 13.2 Å². The van der Waals surface area contributed by atoms with Crippen LogP contribution in [0.15, 0.2) is 40.6 Å². The Labute approximate surface area is 170 Å². The minimum atomic E-state index is -3.51. The second-order valence-electron chi connectivity index (χ2n) is 7.31. The highest BCUT2D eigenvalue weighted by Crippen LogP contribution is 2.27. The van der Waals surface area contributed by atoms with Gasteiger partial charge >= 0.3 is 0 Å². The zero-order chi connectivity index (χ0) is 19.7. The summed E-state index contributed by atoms with van der Waals surface area (Å²) in [5.74, 6) is -0.0672. The number of carbonyl (C=O) groups excluding carboxylic acids is 1. The second kappa shape index (κ2) is 7.81. The molecule has 1 aliphatic carbocycles. The van der Waals surface area contributed by atoms with Gasteiger partial charge in [-0.25, -0.2) is 8.42 Å². The van der Waals surface area contributed by atoms with Crippen LogP contribution in [0.5, 0.6) is 0 Å². The molecule has 0 atom stereocenters. The lowest BCUT2D eigenvalue weighted by molar-refractivity contribution is -0.127. The number of carbonyl (C=O) groups is 1. The van der Waals surface area contributed by atoms with Gasteiger partial charge in [0.25, 0.3) is 0 Å². The first-order valence-corrected chi connectivity index (χ1v) is 11.9. The molecule has 2 heterocycles. The standard InChI is InChI=1S/C21H24N2O3S2/c1-16-9-14-27-20(16)7-8-21(24)22-10-12-23(13-11-22)28(25,26)19-6-5-17-3-2-4-18(17)15-19/h5-9,14-15H,2-4,10-13H2,1H3/b8-7+. The molecule has 28 heavy (non-hydrogen) atoms. The van der Waals surface area contributed by atoms with Crippen molar-refractivity contribution in [3.63, 3.8) is 0 Å². The van der Waals surface area contributed by atoms with Gasteiger partial charge in [0.2, 0.25) is 15.9 Å². The molecule has 1 saturated heterocycles. The number of aryl methyl sites for hydroxylation is 3. The van der Waals surface area contributed by atoms with E-state index in [2.05, 4.69) is 0 Å². The number of rotatable bonds is 4. The highest BCUT2D eigenvalue weighted by molar-refractivity contribution is 7.89. The molecule has 1 aromatic heterocycles. The van der Waals surface area contributed by atoms with Crippen molar-refractivity contribution in [3.05, 3.63) is 57.3 Å². The van der Waals surface area contributed by atoms with E-state index >= 15 is 0 Å². The maximum absolute atomic E-state index is 13.0. The predicted molar refractivity (Wildman–Crippen MR) is 112 cm³/mol. The molecule has 4 rings (SSSR count). The molecule has 2 aliphatic rings. The first kappa shape index (κ1) is 19.4. The summed E-state index contributed by atoms with van der Waals surface area (Å²) in [6, 6.07) is 7.54. The largest absolute Gasteiger partial charge is 0.337 e. The van der Waals surface area contributed by atoms with E-state index in [0.29, 0.717) is 31.1 Å². The van der Waals surface area contributed by atoms with Gasteiger partial charge < -0.3 is 4.90 Å². The Morgan fingerprint density at radius 2 is 1.82 bits per heavy atom. The van der Waals surface area contributed by atoms with Crippen LogP contribution in [0.25, 0.3) is 6.08 Å². The monoisotopic (exact) mass is 416 g/mol. The molecule has 0 saturated carbocycles. The molecular weight excluding hydrogens is 392 g/mol. The Balaban J connectivity index is 1.40. The third kappa shape index (κ3) is 3.79. The van der Waals surface area contributed by atoms with Crippen LogP contribution < -0.4 is 0 Å². The average molecular weight is 417 g/mol. The number of amides is 1. The summed E-state index contributed by atoms with van der Waals surface area (Å²) in [5.41, 5.74) is 3.57. The summed E-state index contributed by atoms with van der Waals surface area (Å²) in [5, 5.41) is 2.00. The van der Waals surface area contributed by atoms with Gasteiger partial charge in [0, 0.05) is 37.1 Å². The van der Waals surface area contributed by atoms with Crippen molar-refractivity contribution in [1.82, 2.24) is 9.21 Å². The van der Waals surface area contributed by atoms with Crippen LogP contribution in [0.2, 0.25) is 0 Å². The van der Waals surface area contributed by atoms with Crippen LogP contribution in [0.1, 0.15) is 28.0 Å². The summed E-state index contributed by atoms with van der Waals surface area (Å²) in [7, 11) is -3.51. The number of nitrogens with zero attached hydrogens (tertiary/aromatic N) is 2.